The molecule has 0 fully saturated rings. The molecule has 4 heteroatoms. The standard InChI is InChI=1S/C13H15N3O/c1-8-4-5-10(6-9(8)2)11-7-12(17-3)16-13(14)15-11/h4-7H,1-3H3,(H2,14,15,16). The third kappa shape index (κ3) is 2.36. The Hall–Kier alpha value is -2.10. The number of nitrogen functional groups attached to an aromatic ring is 1. The zero-order chi connectivity index (χ0) is 12.4. The van der Waals surface area contributed by atoms with Crippen LogP contribution < -0.4 is 10.5 Å². The number of nitrogens with two attached hydrogens (primary N) is 1. The van der Waals surface area contributed by atoms with Gasteiger partial charge < -0.3 is 10.5 Å². The molecule has 2 aromatic rings. The Labute approximate surface area is 100 Å². The molecule has 17 heavy (non-hydrogen) atoms. The number of aryl methyl sites for hydroxylation is 2. The molecule has 0 radical (unpaired) electrons. The molecule has 88 valence electrons. The van der Waals surface area contributed by atoms with Gasteiger partial charge in [-0.2, -0.15) is 4.98 Å². The second kappa shape index (κ2) is 4.41. The number of hydrogen-bond acceptors (Lipinski definition) is 4. The Balaban J connectivity index is 2.52. The van der Waals surface area contributed by atoms with Crippen LogP contribution in [0.25, 0.3) is 11.3 Å². The lowest BCUT2D eigenvalue weighted by Gasteiger charge is -2.07. The van der Waals surface area contributed by atoms with Crippen LogP contribution in [0.15, 0.2) is 24.3 Å². The van der Waals surface area contributed by atoms with E-state index in [1.54, 1.807) is 13.2 Å². The Morgan fingerprint density at radius 3 is 2.47 bits per heavy atom. The number of hydrogen-bond donors (Lipinski definition) is 1. The lowest BCUT2D eigenvalue weighted by atomic mass is 10.0. The largest absolute Gasteiger partial charge is 0.481 e. The number of benzene rings is 1. The minimum Gasteiger partial charge on any atom is -0.481 e. The predicted octanol–water partition coefficient (Wildman–Crippen LogP) is 2.35. The maximum Gasteiger partial charge on any atom is 0.223 e. The van der Waals surface area contributed by atoms with Crippen molar-refractivity contribution in [1.29, 1.82) is 0 Å². The van der Waals surface area contributed by atoms with Gasteiger partial charge in [0.15, 0.2) is 0 Å². The van der Waals surface area contributed by atoms with Crippen molar-refractivity contribution in [2.75, 3.05) is 12.8 Å². The average Bonchev–Trinajstić information content (AvgIpc) is 2.32. The van der Waals surface area contributed by atoms with Crippen molar-refractivity contribution in [1.82, 2.24) is 9.97 Å². The van der Waals surface area contributed by atoms with Gasteiger partial charge in [0, 0.05) is 11.6 Å². The molecule has 2 N–H and O–H groups in total. The smallest absolute Gasteiger partial charge is 0.223 e. The monoisotopic (exact) mass is 229 g/mol. The van der Waals surface area contributed by atoms with Crippen molar-refractivity contribution in [2.24, 2.45) is 0 Å². The van der Waals surface area contributed by atoms with Crippen LogP contribution >= 0.6 is 0 Å². The van der Waals surface area contributed by atoms with E-state index in [4.69, 9.17) is 10.5 Å². The highest BCUT2D eigenvalue weighted by atomic mass is 16.5. The van der Waals surface area contributed by atoms with Crippen LogP contribution in [0.1, 0.15) is 11.1 Å². The van der Waals surface area contributed by atoms with E-state index in [-0.39, 0.29) is 5.95 Å². The van der Waals surface area contributed by atoms with E-state index in [0.29, 0.717) is 5.88 Å². The summed E-state index contributed by atoms with van der Waals surface area (Å²) in [5.74, 6) is 0.698. The van der Waals surface area contributed by atoms with Crippen LogP contribution in [0, 0.1) is 13.8 Å². The maximum absolute atomic E-state index is 5.64. The van der Waals surface area contributed by atoms with Crippen LogP contribution in [-0.4, -0.2) is 17.1 Å². The SMILES string of the molecule is COc1cc(-c2ccc(C)c(C)c2)nc(N)n1. The third-order valence-corrected chi connectivity index (χ3v) is 2.73. The van der Waals surface area contributed by atoms with Crippen LogP contribution in [-0.2, 0) is 0 Å². The molecule has 0 unspecified atom stereocenters. The quantitative estimate of drug-likeness (QED) is 0.858. The second-order valence-corrected chi connectivity index (χ2v) is 3.95. The summed E-state index contributed by atoms with van der Waals surface area (Å²) < 4.78 is 5.08. The first kappa shape index (κ1) is 11.4. The van der Waals surface area contributed by atoms with Crippen molar-refractivity contribution in [3.63, 3.8) is 0 Å². The van der Waals surface area contributed by atoms with E-state index in [9.17, 15) is 0 Å². The Morgan fingerprint density at radius 1 is 1.06 bits per heavy atom. The van der Waals surface area contributed by atoms with Crippen molar-refractivity contribution < 1.29 is 4.74 Å². The molecule has 0 aliphatic rings. The number of ether oxygens (including phenoxy) is 1. The fourth-order valence-electron chi connectivity index (χ4n) is 1.60. The number of methoxy groups -OCH3 is 1. The predicted molar refractivity (Wildman–Crippen MR) is 67.9 cm³/mol. The van der Waals surface area contributed by atoms with Gasteiger partial charge in [0.2, 0.25) is 11.8 Å². The minimum atomic E-state index is 0.220. The first-order valence-electron chi connectivity index (χ1n) is 5.36. The number of nitrogens with zero attached hydrogens (tertiary/aromatic N) is 2. The highest BCUT2D eigenvalue weighted by molar-refractivity contribution is 5.62. The summed E-state index contributed by atoms with van der Waals surface area (Å²) in [5, 5.41) is 0. The number of anilines is 1. The molecule has 4 nitrogen and oxygen atoms in total. The average molecular weight is 229 g/mol. The van der Waals surface area contributed by atoms with Gasteiger partial charge in [0.05, 0.1) is 12.8 Å². The van der Waals surface area contributed by atoms with Crippen LogP contribution in [0.5, 0.6) is 5.88 Å². The van der Waals surface area contributed by atoms with Crippen molar-refractivity contribution in [3.05, 3.63) is 35.4 Å². The summed E-state index contributed by atoms with van der Waals surface area (Å²) in [6, 6.07) is 7.94. The van der Waals surface area contributed by atoms with Gasteiger partial charge in [-0.05, 0) is 31.0 Å². The Bertz CT molecular complexity index is 552. The first-order valence-corrected chi connectivity index (χ1v) is 5.36. The summed E-state index contributed by atoms with van der Waals surface area (Å²) in [6.45, 7) is 4.15. The third-order valence-electron chi connectivity index (χ3n) is 2.73. The van der Waals surface area contributed by atoms with Crippen LogP contribution in [0.2, 0.25) is 0 Å². The molecule has 0 aliphatic heterocycles. The van der Waals surface area contributed by atoms with Crippen molar-refractivity contribution in [2.45, 2.75) is 13.8 Å². The molecule has 0 saturated carbocycles. The molecule has 0 saturated heterocycles. The normalized spacial score (nSPS) is 10.3. The first-order chi connectivity index (χ1) is 8.10. The van der Waals surface area contributed by atoms with Gasteiger partial charge in [-0.25, -0.2) is 4.98 Å². The Morgan fingerprint density at radius 2 is 1.82 bits per heavy atom. The zero-order valence-corrected chi connectivity index (χ0v) is 10.2. The van der Waals surface area contributed by atoms with Crippen molar-refractivity contribution >= 4 is 5.95 Å². The number of aromatic nitrogens is 2. The molecule has 1 aromatic heterocycles. The van der Waals surface area contributed by atoms with Gasteiger partial charge >= 0.3 is 0 Å². The highest BCUT2D eigenvalue weighted by Gasteiger charge is 2.06. The van der Waals surface area contributed by atoms with Crippen LogP contribution in [0.3, 0.4) is 0 Å². The lowest BCUT2D eigenvalue weighted by molar-refractivity contribution is 0.398. The van der Waals surface area contributed by atoms with E-state index in [1.807, 2.05) is 6.07 Å². The molecule has 2 rings (SSSR count). The summed E-state index contributed by atoms with van der Waals surface area (Å²) in [7, 11) is 1.56. The molecule has 0 bridgehead atoms. The fraction of sp³-hybridized carbons (Fsp3) is 0.231. The maximum atomic E-state index is 5.64. The summed E-state index contributed by atoms with van der Waals surface area (Å²) in [6.07, 6.45) is 0. The number of rotatable bonds is 2. The van der Waals surface area contributed by atoms with E-state index >= 15 is 0 Å². The zero-order valence-electron chi connectivity index (χ0n) is 10.2. The van der Waals surface area contributed by atoms with Crippen molar-refractivity contribution in [3.8, 4) is 17.1 Å². The lowest BCUT2D eigenvalue weighted by Crippen LogP contribution is -1.99. The Kier molecular flexibility index (Phi) is 2.95. The molecular formula is C13H15N3O. The topological polar surface area (TPSA) is 61.0 Å². The molecule has 1 aromatic carbocycles. The van der Waals surface area contributed by atoms with E-state index in [0.717, 1.165) is 11.3 Å². The van der Waals surface area contributed by atoms with Gasteiger partial charge in [-0.1, -0.05) is 12.1 Å². The van der Waals surface area contributed by atoms with Gasteiger partial charge in [0.25, 0.3) is 0 Å². The van der Waals surface area contributed by atoms with E-state index in [1.165, 1.54) is 11.1 Å². The molecule has 0 aliphatic carbocycles. The van der Waals surface area contributed by atoms with Crippen LogP contribution in [0.4, 0.5) is 5.95 Å². The summed E-state index contributed by atoms with van der Waals surface area (Å²) in [5.41, 5.74) is 9.90. The molecule has 0 atom stereocenters. The molecule has 1 heterocycles. The minimum absolute atomic E-state index is 0.220. The highest BCUT2D eigenvalue weighted by Crippen LogP contribution is 2.23. The summed E-state index contributed by atoms with van der Waals surface area (Å²) >= 11 is 0. The second-order valence-electron chi connectivity index (χ2n) is 3.95. The van der Waals surface area contributed by atoms with Gasteiger partial charge in [-0.3, -0.25) is 0 Å². The molecule has 0 amide bonds. The summed E-state index contributed by atoms with van der Waals surface area (Å²) in [4.78, 5) is 8.17. The molecule has 0 spiro atoms. The van der Waals surface area contributed by atoms with E-state index < -0.39 is 0 Å². The fourth-order valence-corrected chi connectivity index (χ4v) is 1.60. The van der Waals surface area contributed by atoms with Gasteiger partial charge in [0.1, 0.15) is 0 Å². The van der Waals surface area contributed by atoms with Gasteiger partial charge in [-0.15, -0.1) is 0 Å². The molecular weight excluding hydrogens is 214 g/mol. The van der Waals surface area contributed by atoms with E-state index in [2.05, 4.69) is 35.9 Å².